The van der Waals surface area contributed by atoms with Gasteiger partial charge in [0.15, 0.2) is 0 Å². The number of benzene rings is 2. The Labute approximate surface area is 186 Å². The molecule has 0 saturated heterocycles. The Bertz CT molecular complexity index is 962. The van der Waals surface area contributed by atoms with Crippen LogP contribution in [0.15, 0.2) is 36.4 Å². The molecule has 2 aromatic carbocycles. The monoisotopic (exact) mass is 416 g/mol. The fourth-order valence-electron chi connectivity index (χ4n) is 4.22. The summed E-state index contributed by atoms with van der Waals surface area (Å²) >= 11 is 0. The molecule has 0 amide bonds. The van der Waals surface area contributed by atoms with Crippen molar-refractivity contribution >= 4 is 0 Å². The van der Waals surface area contributed by atoms with Gasteiger partial charge in [0.2, 0.25) is 11.6 Å². The van der Waals surface area contributed by atoms with Gasteiger partial charge in [0.25, 0.3) is 0 Å². The molecule has 4 nitrogen and oxygen atoms in total. The second-order valence-electron chi connectivity index (χ2n) is 9.40. The largest absolute Gasteiger partial charge is 0.490 e. The van der Waals surface area contributed by atoms with Gasteiger partial charge in [-0.2, -0.15) is 0 Å². The molecule has 0 unspecified atom stereocenters. The van der Waals surface area contributed by atoms with Crippen LogP contribution in [0.1, 0.15) is 54.9 Å². The first-order chi connectivity index (χ1) is 14.7. The number of rotatable bonds is 4. The van der Waals surface area contributed by atoms with Crippen LogP contribution in [0.2, 0.25) is 0 Å². The smallest absolute Gasteiger partial charge is 0.237 e. The molecular formula is C27H32N2O2. The number of hydrogen-bond acceptors (Lipinski definition) is 2. The normalized spacial score (nSPS) is 26.1. The average Bonchev–Trinajstić information content (AvgIpc) is 2.62. The van der Waals surface area contributed by atoms with Crippen molar-refractivity contribution in [3.05, 3.63) is 81.5 Å². The van der Waals surface area contributed by atoms with E-state index < -0.39 is 0 Å². The molecule has 0 aromatic heterocycles. The van der Waals surface area contributed by atoms with Gasteiger partial charge in [-0.15, -0.1) is 0 Å². The van der Waals surface area contributed by atoms with E-state index in [0.29, 0.717) is 0 Å². The predicted molar refractivity (Wildman–Crippen MR) is 125 cm³/mol. The van der Waals surface area contributed by atoms with Gasteiger partial charge in [0.1, 0.15) is 23.7 Å². The van der Waals surface area contributed by atoms with E-state index in [1.807, 2.05) is 6.92 Å². The van der Waals surface area contributed by atoms with Crippen LogP contribution in [0.3, 0.4) is 0 Å². The second-order valence-corrected chi connectivity index (χ2v) is 9.40. The third-order valence-electron chi connectivity index (χ3n) is 5.85. The van der Waals surface area contributed by atoms with Gasteiger partial charge in [-0.1, -0.05) is 12.1 Å². The lowest BCUT2D eigenvalue weighted by Crippen LogP contribution is -2.45. The lowest BCUT2D eigenvalue weighted by atomic mass is 9.76. The molecule has 2 aromatic rings. The van der Waals surface area contributed by atoms with Crippen molar-refractivity contribution in [1.29, 1.82) is 0 Å². The van der Waals surface area contributed by atoms with E-state index in [1.165, 1.54) is 22.3 Å². The van der Waals surface area contributed by atoms with Gasteiger partial charge < -0.3 is 19.2 Å². The minimum Gasteiger partial charge on any atom is -0.490 e. The summed E-state index contributed by atoms with van der Waals surface area (Å²) in [5, 5.41) is 0. The van der Waals surface area contributed by atoms with Crippen LogP contribution >= 0.6 is 0 Å². The molecular weight excluding hydrogens is 384 g/mol. The summed E-state index contributed by atoms with van der Waals surface area (Å²) in [5.74, 6) is 1.88. The summed E-state index contributed by atoms with van der Waals surface area (Å²) < 4.78 is 11.7. The maximum absolute atomic E-state index is 7.06. The quantitative estimate of drug-likeness (QED) is 0.521. The molecule has 2 saturated carbocycles. The van der Waals surface area contributed by atoms with Crippen LogP contribution in [0.5, 0.6) is 11.5 Å². The highest BCUT2D eigenvalue weighted by Crippen LogP contribution is 2.38. The van der Waals surface area contributed by atoms with Crippen LogP contribution in [0.25, 0.3) is 9.69 Å². The summed E-state index contributed by atoms with van der Waals surface area (Å²) in [6, 6.07) is 12.7. The van der Waals surface area contributed by atoms with Crippen LogP contribution in [0.4, 0.5) is 0 Å². The van der Waals surface area contributed by atoms with Crippen molar-refractivity contribution in [3.63, 3.8) is 0 Å². The molecule has 0 atom stereocenters. The van der Waals surface area contributed by atoms with Gasteiger partial charge in [-0.25, -0.2) is 13.1 Å². The summed E-state index contributed by atoms with van der Waals surface area (Å²) in [6.45, 7) is 24.2. The van der Waals surface area contributed by atoms with E-state index in [-0.39, 0.29) is 23.8 Å². The fraction of sp³-hybridized carbons (Fsp3) is 0.481. The molecule has 2 aliphatic carbocycles. The number of nitrogens with zero attached hydrogens (tertiary/aromatic N) is 2. The van der Waals surface area contributed by atoms with E-state index >= 15 is 0 Å². The van der Waals surface area contributed by atoms with Crippen molar-refractivity contribution in [3.8, 4) is 11.5 Å². The molecule has 0 N–H and O–H groups in total. The molecule has 0 heterocycles. The van der Waals surface area contributed by atoms with Crippen molar-refractivity contribution < 1.29 is 9.47 Å². The summed E-state index contributed by atoms with van der Waals surface area (Å²) in [6.07, 6.45) is 3.95. The van der Waals surface area contributed by atoms with E-state index in [1.54, 1.807) is 0 Å². The minimum absolute atomic E-state index is 0.177. The van der Waals surface area contributed by atoms with E-state index in [0.717, 1.165) is 37.2 Å². The molecule has 2 fully saturated rings. The Hall–Kier alpha value is -2.98. The first-order valence-electron chi connectivity index (χ1n) is 10.9. The second kappa shape index (κ2) is 9.44. The Morgan fingerprint density at radius 1 is 0.742 bits per heavy atom. The van der Waals surface area contributed by atoms with Crippen LogP contribution in [0, 0.1) is 40.8 Å². The van der Waals surface area contributed by atoms with Gasteiger partial charge in [0, 0.05) is 6.92 Å². The zero-order valence-corrected chi connectivity index (χ0v) is 19.2. The van der Waals surface area contributed by atoms with Gasteiger partial charge in [-0.05, 0) is 74.2 Å². The lowest BCUT2D eigenvalue weighted by Gasteiger charge is -2.35. The maximum Gasteiger partial charge on any atom is 0.237 e. The molecule has 4 heteroatoms. The molecule has 0 spiro atoms. The van der Waals surface area contributed by atoms with Crippen LogP contribution in [-0.2, 0) is 0 Å². The highest BCUT2D eigenvalue weighted by Gasteiger charge is 2.48. The molecule has 0 bridgehead atoms. The SMILES string of the molecule is [C-]#[N+]C1(C)CC(Oc2cc(C)cc(C)c2)C1.[C-]#[N+]C1CC(Oc2cc(C)cc(C)c2)C1. The Kier molecular flexibility index (Phi) is 6.91. The summed E-state index contributed by atoms with van der Waals surface area (Å²) in [7, 11) is 0. The maximum atomic E-state index is 7.06. The van der Waals surface area contributed by atoms with Crippen molar-refractivity contribution in [1.82, 2.24) is 0 Å². The fourth-order valence-corrected chi connectivity index (χ4v) is 4.22. The number of hydrogen-bond donors (Lipinski definition) is 0. The van der Waals surface area contributed by atoms with Crippen LogP contribution in [-0.4, -0.2) is 23.8 Å². The molecule has 2 aliphatic rings. The average molecular weight is 417 g/mol. The lowest BCUT2D eigenvalue weighted by molar-refractivity contribution is 0.0719. The van der Waals surface area contributed by atoms with Gasteiger partial charge in [0.05, 0.1) is 25.7 Å². The first-order valence-corrected chi connectivity index (χ1v) is 10.9. The third kappa shape index (κ3) is 6.25. The highest BCUT2D eigenvalue weighted by molar-refractivity contribution is 5.34. The molecule has 4 rings (SSSR count). The summed E-state index contributed by atoms with van der Waals surface area (Å²) in [5.41, 5.74) is 4.73. The van der Waals surface area contributed by atoms with E-state index in [9.17, 15) is 0 Å². The Balaban J connectivity index is 0.000000176. The number of aryl methyl sites for hydroxylation is 4. The zero-order valence-electron chi connectivity index (χ0n) is 19.2. The Morgan fingerprint density at radius 3 is 1.55 bits per heavy atom. The van der Waals surface area contributed by atoms with Gasteiger partial charge >= 0.3 is 0 Å². The van der Waals surface area contributed by atoms with E-state index in [2.05, 4.69) is 73.8 Å². The Morgan fingerprint density at radius 2 is 1.16 bits per heavy atom. The first kappa shape index (κ1) is 22.7. The number of ether oxygens (including phenoxy) is 2. The van der Waals surface area contributed by atoms with Gasteiger partial charge in [-0.3, -0.25) is 0 Å². The van der Waals surface area contributed by atoms with Crippen molar-refractivity contribution in [2.24, 2.45) is 0 Å². The van der Waals surface area contributed by atoms with Crippen molar-refractivity contribution in [2.45, 2.75) is 84.1 Å². The molecule has 0 aliphatic heterocycles. The highest BCUT2D eigenvalue weighted by atomic mass is 16.5. The molecule has 0 radical (unpaired) electrons. The zero-order chi connectivity index (χ0) is 22.6. The van der Waals surface area contributed by atoms with E-state index in [4.69, 9.17) is 22.6 Å². The third-order valence-corrected chi connectivity index (χ3v) is 5.85. The summed E-state index contributed by atoms with van der Waals surface area (Å²) in [4.78, 5) is 7.11. The van der Waals surface area contributed by atoms with Crippen LogP contribution < -0.4 is 9.47 Å². The predicted octanol–water partition coefficient (Wildman–Crippen LogP) is 6.66. The standard InChI is InChI=1S/C14H17NO.C13H15NO/c1-10-5-11(2)7-12(6-10)16-13-8-14(3,9-13)15-4;1-9-4-10(2)6-12(5-9)15-13-7-11(8-13)14-3/h5-7,13H,8-9H2,1-3H3;4-6,11,13H,7-8H2,1-2H3. The molecule has 162 valence electrons. The topological polar surface area (TPSA) is 27.2 Å². The minimum atomic E-state index is -0.177. The van der Waals surface area contributed by atoms with Crippen molar-refractivity contribution in [2.75, 3.05) is 0 Å². The molecule has 31 heavy (non-hydrogen) atoms.